The number of carbonyl (C=O) groups excluding carboxylic acids is 1. The molecule has 7 heteroatoms. The topological polar surface area (TPSA) is 62.4 Å². The molecule has 0 saturated heterocycles. The summed E-state index contributed by atoms with van der Waals surface area (Å²) in [7, 11) is 0. The van der Waals surface area contributed by atoms with Crippen molar-refractivity contribution in [2.75, 3.05) is 6.61 Å². The first-order chi connectivity index (χ1) is 14.1. The molecule has 0 saturated carbocycles. The molecule has 3 aromatic carbocycles. The number of nitrogens with one attached hydrogen (secondary N) is 3. The summed E-state index contributed by atoms with van der Waals surface area (Å²) < 4.78 is 5.37. The van der Waals surface area contributed by atoms with Crippen molar-refractivity contribution in [1.29, 1.82) is 0 Å². The number of hydrogen-bond acceptors (Lipinski definition) is 3. The van der Waals surface area contributed by atoms with Crippen LogP contribution in [0.2, 0.25) is 5.02 Å². The Kier molecular flexibility index (Phi) is 7.44. The third kappa shape index (κ3) is 6.78. The van der Waals surface area contributed by atoms with E-state index < -0.39 is 0 Å². The van der Waals surface area contributed by atoms with Crippen LogP contribution in [0.1, 0.15) is 5.56 Å². The number of carbonyl (C=O) groups is 1. The van der Waals surface area contributed by atoms with Crippen LogP contribution in [0.25, 0.3) is 11.1 Å². The van der Waals surface area contributed by atoms with Crippen LogP contribution < -0.4 is 20.9 Å². The molecule has 0 aliphatic carbocycles. The van der Waals surface area contributed by atoms with Crippen LogP contribution in [0.4, 0.5) is 0 Å². The summed E-state index contributed by atoms with van der Waals surface area (Å²) in [6, 6.07) is 25.1. The lowest BCUT2D eigenvalue weighted by atomic mass is 10.0. The summed E-state index contributed by atoms with van der Waals surface area (Å²) >= 11 is 11.0. The van der Waals surface area contributed by atoms with Gasteiger partial charge in [-0.1, -0.05) is 60.1 Å². The first kappa shape index (κ1) is 20.6. The van der Waals surface area contributed by atoms with Gasteiger partial charge in [-0.05, 0) is 59.2 Å². The van der Waals surface area contributed by atoms with Gasteiger partial charge >= 0.3 is 0 Å². The van der Waals surface area contributed by atoms with Gasteiger partial charge in [-0.25, -0.2) is 0 Å². The second kappa shape index (κ2) is 10.5. The van der Waals surface area contributed by atoms with Gasteiger partial charge in [-0.3, -0.25) is 15.6 Å². The van der Waals surface area contributed by atoms with E-state index in [1.165, 1.54) is 0 Å². The highest BCUT2D eigenvalue weighted by Gasteiger charge is 2.04. The number of amides is 1. The van der Waals surface area contributed by atoms with E-state index >= 15 is 0 Å². The van der Waals surface area contributed by atoms with Gasteiger partial charge in [0.15, 0.2) is 11.7 Å². The van der Waals surface area contributed by atoms with E-state index in [4.69, 9.17) is 28.6 Å². The molecular formula is C22H20ClN3O2S. The third-order valence-electron chi connectivity index (χ3n) is 3.99. The molecule has 0 bridgehead atoms. The molecule has 0 heterocycles. The average Bonchev–Trinajstić information content (AvgIpc) is 2.76. The van der Waals surface area contributed by atoms with E-state index in [0.717, 1.165) is 16.7 Å². The van der Waals surface area contributed by atoms with E-state index in [1.807, 2.05) is 30.3 Å². The Balaban J connectivity index is 1.41. The minimum atomic E-state index is -0.352. The Hall–Kier alpha value is -3.09. The summed E-state index contributed by atoms with van der Waals surface area (Å²) in [5.74, 6) is 0.207. The lowest BCUT2D eigenvalue weighted by molar-refractivity contribution is -0.123. The largest absolute Gasteiger partial charge is 0.484 e. The predicted octanol–water partition coefficient (Wildman–Crippen LogP) is 4.08. The zero-order chi connectivity index (χ0) is 20.5. The maximum atomic E-state index is 11.9. The second-order valence-corrected chi connectivity index (χ2v) is 7.01. The van der Waals surface area contributed by atoms with Gasteiger partial charge in [-0.15, -0.1) is 0 Å². The molecule has 29 heavy (non-hydrogen) atoms. The van der Waals surface area contributed by atoms with E-state index in [2.05, 4.69) is 40.4 Å². The van der Waals surface area contributed by atoms with Crippen molar-refractivity contribution in [3.8, 4) is 16.9 Å². The lowest BCUT2D eigenvalue weighted by Gasteiger charge is -2.13. The van der Waals surface area contributed by atoms with E-state index in [1.54, 1.807) is 24.3 Å². The van der Waals surface area contributed by atoms with Crippen LogP contribution in [-0.4, -0.2) is 17.6 Å². The predicted molar refractivity (Wildman–Crippen MR) is 120 cm³/mol. The first-order valence-electron chi connectivity index (χ1n) is 8.95. The maximum Gasteiger partial charge on any atom is 0.276 e. The van der Waals surface area contributed by atoms with E-state index in [9.17, 15) is 4.79 Å². The van der Waals surface area contributed by atoms with Crippen LogP contribution >= 0.6 is 23.8 Å². The second-order valence-electron chi connectivity index (χ2n) is 6.16. The summed E-state index contributed by atoms with van der Waals surface area (Å²) in [5, 5.41) is 3.98. The molecule has 3 aromatic rings. The van der Waals surface area contributed by atoms with E-state index in [-0.39, 0.29) is 12.5 Å². The summed E-state index contributed by atoms with van der Waals surface area (Å²) in [6.07, 6.45) is 0. The van der Waals surface area contributed by atoms with Crippen molar-refractivity contribution < 1.29 is 9.53 Å². The first-order valence-corrected chi connectivity index (χ1v) is 9.74. The van der Waals surface area contributed by atoms with Crippen LogP contribution in [-0.2, 0) is 11.3 Å². The van der Waals surface area contributed by atoms with Gasteiger partial charge in [0.05, 0.1) is 0 Å². The van der Waals surface area contributed by atoms with E-state index in [0.29, 0.717) is 22.4 Å². The fraction of sp³-hybridized carbons (Fsp3) is 0.0909. The zero-order valence-corrected chi connectivity index (χ0v) is 17.1. The van der Waals surface area contributed by atoms with Gasteiger partial charge in [0.25, 0.3) is 5.91 Å². The average molecular weight is 426 g/mol. The number of halogens is 1. The molecule has 0 aliphatic heterocycles. The normalized spacial score (nSPS) is 10.1. The van der Waals surface area contributed by atoms with Gasteiger partial charge < -0.3 is 10.1 Å². The quantitative estimate of drug-likeness (QED) is 0.410. The highest BCUT2D eigenvalue weighted by atomic mass is 35.5. The van der Waals surface area contributed by atoms with Gasteiger partial charge in [-0.2, -0.15) is 0 Å². The highest BCUT2D eigenvalue weighted by molar-refractivity contribution is 7.80. The molecule has 148 valence electrons. The van der Waals surface area contributed by atoms with Crippen LogP contribution in [0, 0.1) is 0 Å². The number of benzene rings is 3. The van der Waals surface area contributed by atoms with Gasteiger partial charge in [0.2, 0.25) is 0 Å². The molecule has 0 spiro atoms. The molecule has 5 nitrogen and oxygen atoms in total. The summed E-state index contributed by atoms with van der Waals surface area (Å²) in [6.45, 7) is 0.389. The van der Waals surface area contributed by atoms with Crippen molar-refractivity contribution in [3.63, 3.8) is 0 Å². The Morgan fingerprint density at radius 3 is 2.38 bits per heavy atom. The third-order valence-corrected chi connectivity index (χ3v) is 4.48. The zero-order valence-electron chi connectivity index (χ0n) is 15.5. The van der Waals surface area contributed by atoms with Crippen molar-refractivity contribution in [3.05, 3.63) is 89.4 Å². The minimum absolute atomic E-state index is 0.142. The molecular weight excluding hydrogens is 406 g/mol. The summed E-state index contributed by atoms with van der Waals surface area (Å²) in [4.78, 5) is 11.9. The van der Waals surface area contributed by atoms with Gasteiger partial charge in [0.1, 0.15) is 5.75 Å². The Labute approximate surface area is 180 Å². The number of hydrazine groups is 1. The van der Waals surface area contributed by atoms with Crippen LogP contribution in [0.3, 0.4) is 0 Å². The highest BCUT2D eigenvalue weighted by Crippen LogP contribution is 2.20. The van der Waals surface area contributed by atoms with Gasteiger partial charge in [0, 0.05) is 11.6 Å². The van der Waals surface area contributed by atoms with Crippen LogP contribution in [0.15, 0.2) is 78.9 Å². The van der Waals surface area contributed by atoms with Crippen LogP contribution in [0.5, 0.6) is 5.75 Å². The van der Waals surface area contributed by atoms with Crippen molar-refractivity contribution in [2.45, 2.75) is 6.54 Å². The molecule has 0 unspecified atom stereocenters. The lowest BCUT2D eigenvalue weighted by Crippen LogP contribution is -2.48. The fourth-order valence-electron chi connectivity index (χ4n) is 2.56. The maximum absolute atomic E-state index is 11.9. The number of ether oxygens (including phenoxy) is 1. The van der Waals surface area contributed by atoms with Crippen molar-refractivity contribution >= 4 is 34.8 Å². The molecule has 0 atom stereocenters. The van der Waals surface area contributed by atoms with Crippen molar-refractivity contribution in [2.24, 2.45) is 0 Å². The van der Waals surface area contributed by atoms with Crippen molar-refractivity contribution in [1.82, 2.24) is 16.2 Å². The SMILES string of the molecule is O=C(COc1ccc(Cl)cc1)NNC(=S)NCc1cccc(-c2ccccc2)c1. The number of hydrogen-bond donors (Lipinski definition) is 3. The molecule has 3 N–H and O–H groups in total. The molecule has 0 fully saturated rings. The smallest absolute Gasteiger partial charge is 0.276 e. The standard InChI is InChI=1S/C22H20ClN3O2S/c23-19-9-11-20(12-10-19)28-15-21(27)25-26-22(29)24-14-16-5-4-8-18(13-16)17-6-2-1-3-7-17/h1-13H,14-15H2,(H,25,27)(H2,24,26,29). The molecule has 0 aliphatic rings. The monoisotopic (exact) mass is 425 g/mol. The molecule has 1 amide bonds. The molecule has 3 rings (SSSR count). The number of thiocarbonyl (C=S) groups is 1. The minimum Gasteiger partial charge on any atom is -0.484 e. The Morgan fingerprint density at radius 2 is 1.62 bits per heavy atom. The Bertz CT molecular complexity index is 965. The fourth-order valence-corrected chi connectivity index (χ4v) is 2.81. The number of rotatable bonds is 6. The Morgan fingerprint density at radius 1 is 0.897 bits per heavy atom. The molecule has 0 aromatic heterocycles. The molecule has 0 radical (unpaired) electrons. The summed E-state index contributed by atoms with van der Waals surface area (Å²) in [5.41, 5.74) is 8.53.